The van der Waals surface area contributed by atoms with E-state index >= 15 is 0 Å². The molecule has 0 amide bonds. The Kier molecular flexibility index (Phi) is 3.76. The van der Waals surface area contributed by atoms with Crippen molar-refractivity contribution < 1.29 is 17.9 Å². The van der Waals surface area contributed by atoms with Gasteiger partial charge in [-0.15, -0.1) is 0 Å². The van der Waals surface area contributed by atoms with Gasteiger partial charge in [0.15, 0.2) is 0 Å². The second kappa shape index (κ2) is 5.32. The number of rotatable bonds is 3. The standard InChI is InChI=1S/C14H12F3NO/c1-19-13-3-2-9(15)7-12(13)14(18)8-4-10(16)6-11(17)5-8/h2-7,14H,18H2,1H3. The van der Waals surface area contributed by atoms with Gasteiger partial charge in [-0.3, -0.25) is 0 Å². The van der Waals surface area contributed by atoms with Crippen LogP contribution < -0.4 is 10.5 Å². The summed E-state index contributed by atoms with van der Waals surface area (Å²) in [5.74, 6) is -1.61. The van der Waals surface area contributed by atoms with Crippen LogP contribution in [0.3, 0.4) is 0 Å². The number of benzene rings is 2. The van der Waals surface area contributed by atoms with E-state index in [1.807, 2.05) is 0 Å². The molecule has 0 aliphatic carbocycles. The van der Waals surface area contributed by atoms with Crippen molar-refractivity contribution in [1.29, 1.82) is 0 Å². The minimum atomic E-state index is -0.879. The van der Waals surface area contributed by atoms with E-state index < -0.39 is 23.5 Å². The van der Waals surface area contributed by atoms with Crippen molar-refractivity contribution in [2.45, 2.75) is 6.04 Å². The SMILES string of the molecule is COc1ccc(F)cc1C(N)c1cc(F)cc(F)c1. The largest absolute Gasteiger partial charge is 0.496 e. The first-order valence-corrected chi connectivity index (χ1v) is 5.56. The van der Waals surface area contributed by atoms with E-state index in [4.69, 9.17) is 10.5 Å². The van der Waals surface area contributed by atoms with Crippen LogP contribution in [-0.4, -0.2) is 7.11 Å². The molecule has 0 aliphatic rings. The maximum Gasteiger partial charge on any atom is 0.126 e. The van der Waals surface area contributed by atoms with Crippen molar-refractivity contribution in [3.05, 3.63) is 65.0 Å². The lowest BCUT2D eigenvalue weighted by Crippen LogP contribution is -2.14. The van der Waals surface area contributed by atoms with Crippen molar-refractivity contribution >= 4 is 0 Å². The molecule has 100 valence electrons. The normalized spacial score (nSPS) is 12.3. The zero-order valence-electron chi connectivity index (χ0n) is 10.2. The fourth-order valence-electron chi connectivity index (χ4n) is 1.88. The Morgan fingerprint density at radius 3 is 2.16 bits per heavy atom. The molecule has 0 aromatic heterocycles. The van der Waals surface area contributed by atoms with E-state index in [-0.39, 0.29) is 5.56 Å². The van der Waals surface area contributed by atoms with E-state index in [1.165, 1.54) is 25.3 Å². The zero-order valence-corrected chi connectivity index (χ0v) is 10.2. The van der Waals surface area contributed by atoms with Gasteiger partial charge >= 0.3 is 0 Å². The molecule has 0 heterocycles. The highest BCUT2D eigenvalue weighted by atomic mass is 19.1. The number of methoxy groups -OCH3 is 1. The molecule has 2 rings (SSSR count). The van der Waals surface area contributed by atoms with Crippen LogP contribution in [0.25, 0.3) is 0 Å². The second-order valence-electron chi connectivity index (χ2n) is 4.07. The molecule has 19 heavy (non-hydrogen) atoms. The Morgan fingerprint density at radius 2 is 1.58 bits per heavy atom. The molecule has 0 radical (unpaired) electrons. The molecular weight excluding hydrogens is 255 g/mol. The maximum absolute atomic E-state index is 13.3. The molecule has 0 aliphatic heterocycles. The first-order chi connectivity index (χ1) is 9.01. The molecule has 0 saturated carbocycles. The first kappa shape index (κ1) is 13.4. The lowest BCUT2D eigenvalue weighted by Gasteiger charge is -2.16. The number of nitrogens with two attached hydrogens (primary N) is 1. The van der Waals surface area contributed by atoms with Crippen LogP contribution in [0, 0.1) is 17.5 Å². The third-order valence-corrected chi connectivity index (χ3v) is 2.77. The molecule has 0 saturated heterocycles. The van der Waals surface area contributed by atoms with Crippen LogP contribution in [0.15, 0.2) is 36.4 Å². The molecule has 1 atom stereocenters. The van der Waals surface area contributed by atoms with Gasteiger partial charge in [0.2, 0.25) is 0 Å². The highest BCUT2D eigenvalue weighted by Gasteiger charge is 2.16. The molecule has 2 nitrogen and oxygen atoms in total. The fraction of sp³-hybridized carbons (Fsp3) is 0.143. The average molecular weight is 267 g/mol. The maximum atomic E-state index is 13.3. The van der Waals surface area contributed by atoms with Crippen molar-refractivity contribution in [2.24, 2.45) is 5.73 Å². The monoisotopic (exact) mass is 267 g/mol. The lowest BCUT2D eigenvalue weighted by atomic mass is 9.98. The third kappa shape index (κ3) is 2.88. The van der Waals surface area contributed by atoms with E-state index in [0.29, 0.717) is 11.3 Å². The highest BCUT2D eigenvalue weighted by Crippen LogP contribution is 2.29. The van der Waals surface area contributed by atoms with Gasteiger partial charge in [0, 0.05) is 11.6 Å². The van der Waals surface area contributed by atoms with Crippen molar-refractivity contribution in [3.63, 3.8) is 0 Å². The smallest absolute Gasteiger partial charge is 0.126 e. The minimum absolute atomic E-state index is 0.210. The third-order valence-electron chi connectivity index (χ3n) is 2.77. The van der Waals surface area contributed by atoms with E-state index in [0.717, 1.165) is 18.2 Å². The van der Waals surface area contributed by atoms with Gasteiger partial charge < -0.3 is 10.5 Å². The fourth-order valence-corrected chi connectivity index (χ4v) is 1.88. The molecule has 2 N–H and O–H groups in total. The average Bonchev–Trinajstić information content (AvgIpc) is 2.36. The van der Waals surface area contributed by atoms with E-state index in [9.17, 15) is 13.2 Å². The zero-order chi connectivity index (χ0) is 14.0. The van der Waals surface area contributed by atoms with Crippen molar-refractivity contribution in [1.82, 2.24) is 0 Å². The molecular formula is C14H12F3NO. The molecule has 5 heteroatoms. The summed E-state index contributed by atoms with van der Waals surface area (Å²) in [6.45, 7) is 0. The first-order valence-electron chi connectivity index (χ1n) is 5.56. The van der Waals surface area contributed by atoms with Crippen molar-refractivity contribution in [3.8, 4) is 5.75 Å². The number of ether oxygens (including phenoxy) is 1. The Morgan fingerprint density at radius 1 is 0.947 bits per heavy atom. The van der Waals surface area contributed by atoms with Crippen LogP contribution in [0.4, 0.5) is 13.2 Å². The highest BCUT2D eigenvalue weighted by molar-refractivity contribution is 5.41. The van der Waals surface area contributed by atoms with Gasteiger partial charge in [0.05, 0.1) is 13.2 Å². The van der Waals surface area contributed by atoms with Gasteiger partial charge in [-0.1, -0.05) is 0 Å². The molecule has 0 spiro atoms. The topological polar surface area (TPSA) is 35.2 Å². The molecule has 1 unspecified atom stereocenters. The van der Waals surface area contributed by atoms with Gasteiger partial charge in [0.25, 0.3) is 0 Å². The van der Waals surface area contributed by atoms with Gasteiger partial charge in [-0.25, -0.2) is 13.2 Å². The number of halogens is 3. The van der Waals surface area contributed by atoms with Crippen LogP contribution in [0.1, 0.15) is 17.2 Å². The molecule has 2 aromatic carbocycles. The summed E-state index contributed by atoms with van der Waals surface area (Å²) < 4.78 is 44.7. The summed E-state index contributed by atoms with van der Waals surface area (Å²) in [7, 11) is 1.41. The number of hydrogen-bond donors (Lipinski definition) is 1. The summed E-state index contributed by atoms with van der Waals surface area (Å²) in [5.41, 5.74) is 6.46. The van der Waals surface area contributed by atoms with E-state index in [1.54, 1.807) is 0 Å². The summed E-state index contributed by atoms with van der Waals surface area (Å²) >= 11 is 0. The summed E-state index contributed by atoms with van der Waals surface area (Å²) in [6.07, 6.45) is 0. The summed E-state index contributed by atoms with van der Waals surface area (Å²) in [6, 6.07) is 5.92. The van der Waals surface area contributed by atoms with Crippen LogP contribution in [-0.2, 0) is 0 Å². The molecule has 2 aromatic rings. The number of hydrogen-bond acceptors (Lipinski definition) is 2. The minimum Gasteiger partial charge on any atom is -0.496 e. The Bertz CT molecular complexity index is 581. The van der Waals surface area contributed by atoms with Gasteiger partial charge in [0.1, 0.15) is 23.2 Å². The Labute approximate surface area is 108 Å². The molecule has 0 bridgehead atoms. The summed E-state index contributed by atoms with van der Waals surface area (Å²) in [4.78, 5) is 0. The Balaban J connectivity index is 2.48. The Hall–Kier alpha value is -2.01. The lowest BCUT2D eigenvalue weighted by molar-refractivity contribution is 0.406. The summed E-state index contributed by atoms with van der Waals surface area (Å²) in [5, 5.41) is 0. The van der Waals surface area contributed by atoms with E-state index in [2.05, 4.69) is 0 Å². The second-order valence-corrected chi connectivity index (χ2v) is 4.07. The predicted molar refractivity (Wildman–Crippen MR) is 65.3 cm³/mol. The van der Waals surface area contributed by atoms with Gasteiger partial charge in [-0.05, 0) is 35.9 Å². The molecule has 0 fully saturated rings. The predicted octanol–water partition coefficient (Wildman–Crippen LogP) is 3.16. The quantitative estimate of drug-likeness (QED) is 0.927. The van der Waals surface area contributed by atoms with Crippen LogP contribution in [0.5, 0.6) is 5.75 Å². The van der Waals surface area contributed by atoms with Crippen LogP contribution in [0.2, 0.25) is 0 Å². The van der Waals surface area contributed by atoms with Gasteiger partial charge in [-0.2, -0.15) is 0 Å². The van der Waals surface area contributed by atoms with Crippen molar-refractivity contribution in [2.75, 3.05) is 7.11 Å². The van der Waals surface area contributed by atoms with Crippen LogP contribution >= 0.6 is 0 Å².